The molecule has 0 radical (unpaired) electrons. The van der Waals surface area contributed by atoms with Gasteiger partial charge in [0, 0.05) is 12.8 Å². The number of rotatable bonds is 48. The van der Waals surface area contributed by atoms with Crippen LogP contribution in [0.5, 0.6) is 0 Å². The number of ether oxygens (including phenoxy) is 1. The number of allylic oxidation sites excluding steroid dienone is 7. The minimum atomic E-state index is -0.879. The van der Waals surface area contributed by atoms with Gasteiger partial charge >= 0.3 is 5.97 Å². The molecular formula is C55H101NO5. The zero-order valence-electron chi connectivity index (χ0n) is 40.4. The van der Waals surface area contributed by atoms with E-state index in [0.29, 0.717) is 25.9 Å². The molecule has 6 nitrogen and oxygen atoms in total. The van der Waals surface area contributed by atoms with E-state index in [1.807, 2.05) is 12.2 Å². The molecule has 3 N–H and O–H groups in total. The molecule has 2 unspecified atom stereocenters. The van der Waals surface area contributed by atoms with E-state index in [4.69, 9.17) is 4.74 Å². The maximum atomic E-state index is 12.4. The summed E-state index contributed by atoms with van der Waals surface area (Å²) in [5.74, 6) is -0.172. The number of nitrogens with one attached hydrogen (secondary N) is 1. The number of amides is 1. The zero-order chi connectivity index (χ0) is 44.4. The topological polar surface area (TPSA) is 95.9 Å². The Hall–Kier alpha value is -2.18. The van der Waals surface area contributed by atoms with Gasteiger partial charge in [0.2, 0.25) is 5.91 Å². The minimum Gasteiger partial charge on any atom is -0.466 e. The second kappa shape index (κ2) is 50.5. The smallest absolute Gasteiger partial charge is 0.305 e. The molecule has 0 aliphatic heterocycles. The van der Waals surface area contributed by atoms with Crippen molar-refractivity contribution in [3.8, 4) is 0 Å². The van der Waals surface area contributed by atoms with Crippen molar-refractivity contribution < 1.29 is 24.5 Å². The fraction of sp³-hybridized carbons (Fsp3) is 0.818. The molecule has 0 spiro atoms. The number of aliphatic hydroxyl groups excluding tert-OH is 2. The number of aliphatic hydroxyl groups is 2. The number of carbonyl (C=O) groups excluding carboxylic acids is 2. The van der Waals surface area contributed by atoms with Crippen LogP contribution in [0.1, 0.15) is 264 Å². The summed E-state index contributed by atoms with van der Waals surface area (Å²) in [7, 11) is 0. The Morgan fingerprint density at radius 1 is 0.459 bits per heavy atom. The van der Waals surface area contributed by atoms with E-state index in [1.54, 1.807) is 6.08 Å². The van der Waals surface area contributed by atoms with Gasteiger partial charge < -0.3 is 20.3 Å². The molecular weight excluding hydrogens is 755 g/mol. The van der Waals surface area contributed by atoms with Crippen molar-refractivity contribution in [2.45, 2.75) is 276 Å². The molecule has 0 aromatic heterocycles. The van der Waals surface area contributed by atoms with Crippen LogP contribution in [0.3, 0.4) is 0 Å². The first-order valence-electron chi connectivity index (χ1n) is 26.4. The highest BCUT2D eigenvalue weighted by molar-refractivity contribution is 5.76. The SMILES string of the molecule is CCCCCCCC/C=C\CCCCCCCCCC(=O)OCCCCCCCC/C=C\C/C=C\CCC(=O)NC(CO)C(O)/C=C/CCCCCCCCCCCCCC. The number of carbonyl (C=O) groups is 2. The van der Waals surface area contributed by atoms with E-state index in [-0.39, 0.29) is 18.5 Å². The van der Waals surface area contributed by atoms with Crippen molar-refractivity contribution in [1.29, 1.82) is 0 Å². The highest BCUT2D eigenvalue weighted by Gasteiger charge is 2.17. The van der Waals surface area contributed by atoms with Crippen LogP contribution >= 0.6 is 0 Å². The lowest BCUT2D eigenvalue weighted by Crippen LogP contribution is -2.45. The van der Waals surface area contributed by atoms with Gasteiger partial charge in [-0.1, -0.05) is 223 Å². The van der Waals surface area contributed by atoms with Crippen LogP contribution in [0.25, 0.3) is 0 Å². The highest BCUT2D eigenvalue weighted by Crippen LogP contribution is 2.15. The van der Waals surface area contributed by atoms with Gasteiger partial charge in [0.15, 0.2) is 0 Å². The summed E-state index contributed by atoms with van der Waals surface area (Å²) in [5.41, 5.74) is 0. The van der Waals surface area contributed by atoms with Crippen molar-refractivity contribution in [2.75, 3.05) is 13.2 Å². The van der Waals surface area contributed by atoms with E-state index in [1.165, 1.54) is 180 Å². The van der Waals surface area contributed by atoms with Gasteiger partial charge in [-0.05, 0) is 77.0 Å². The second-order valence-electron chi connectivity index (χ2n) is 17.8. The Morgan fingerprint density at radius 3 is 1.30 bits per heavy atom. The summed E-state index contributed by atoms with van der Waals surface area (Å²) >= 11 is 0. The summed E-state index contributed by atoms with van der Waals surface area (Å²) in [4.78, 5) is 24.4. The molecule has 0 saturated heterocycles. The Bertz CT molecular complexity index is 1040. The third-order valence-electron chi connectivity index (χ3n) is 11.8. The lowest BCUT2D eigenvalue weighted by atomic mass is 10.0. The Labute approximate surface area is 378 Å². The normalized spacial score (nSPS) is 13.0. The van der Waals surface area contributed by atoms with Gasteiger partial charge in [0.05, 0.1) is 25.4 Å². The van der Waals surface area contributed by atoms with Gasteiger partial charge in [-0.15, -0.1) is 0 Å². The van der Waals surface area contributed by atoms with E-state index >= 15 is 0 Å². The van der Waals surface area contributed by atoms with E-state index < -0.39 is 12.1 Å². The third-order valence-corrected chi connectivity index (χ3v) is 11.8. The molecule has 0 aromatic rings. The Balaban J connectivity index is 3.57. The first kappa shape index (κ1) is 58.8. The molecule has 61 heavy (non-hydrogen) atoms. The molecule has 0 fully saturated rings. The number of esters is 1. The zero-order valence-corrected chi connectivity index (χ0v) is 40.4. The van der Waals surface area contributed by atoms with Gasteiger partial charge in [-0.3, -0.25) is 9.59 Å². The Kier molecular flexibility index (Phi) is 48.7. The van der Waals surface area contributed by atoms with E-state index in [9.17, 15) is 19.8 Å². The highest BCUT2D eigenvalue weighted by atomic mass is 16.5. The molecule has 356 valence electrons. The standard InChI is InChI=1S/C55H101NO5/c1-3-5-7-9-11-13-15-17-19-20-21-25-29-33-37-41-45-49-55(60)61-50-46-42-38-34-30-26-22-24-28-32-36-40-44-48-54(59)56-52(51-57)53(58)47-43-39-35-31-27-23-18-16-14-12-10-8-6-4-2/h17,19,24,28,36,40,43,47,52-53,57-58H,3-16,18,20-23,25-27,29-35,37-39,41-42,44-46,48-51H2,1-2H3,(H,56,59)/b19-17-,28-24-,40-36-,47-43+. The Morgan fingerprint density at radius 2 is 0.836 bits per heavy atom. The first-order chi connectivity index (χ1) is 30.0. The quantitative estimate of drug-likeness (QED) is 0.0322. The predicted molar refractivity (Wildman–Crippen MR) is 264 cm³/mol. The van der Waals surface area contributed by atoms with Crippen LogP contribution in [0, 0.1) is 0 Å². The first-order valence-corrected chi connectivity index (χ1v) is 26.4. The van der Waals surface area contributed by atoms with Crippen molar-refractivity contribution >= 4 is 11.9 Å². The summed E-state index contributed by atoms with van der Waals surface area (Å²) in [6.07, 6.45) is 62.7. The van der Waals surface area contributed by atoms with E-state index in [0.717, 1.165) is 51.4 Å². The summed E-state index contributed by atoms with van der Waals surface area (Å²) in [5, 5.41) is 23.0. The van der Waals surface area contributed by atoms with Gasteiger partial charge in [0.25, 0.3) is 0 Å². The molecule has 0 rings (SSSR count). The van der Waals surface area contributed by atoms with Crippen molar-refractivity contribution in [3.05, 3.63) is 48.6 Å². The molecule has 0 aliphatic rings. The molecule has 0 aromatic carbocycles. The molecule has 1 amide bonds. The molecule has 2 atom stereocenters. The number of unbranched alkanes of at least 4 members (excludes halogenated alkanes) is 31. The molecule has 0 bridgehead atoms. The monoisotopic (exact) mass is 856 g/mol. The maximum Gasteiger partial charge on any atom is 0.305 e. The largest absolute Gasteiger partial charge is 0.466 e. The number of hydrogen-bond donors (Lipinski definition) is 3. The lowest BCUT2D eigenvalue weighted by Gasteiger charge is -2.19. The number of hydrogen-bond acceptors (Lipinski definition) is 5. The molecule has 0 heterocycles. The molecule has 6 heteroatoms. The summed E-state index contributed by atoms with van der Waals surface area (Å²) < 4.78 is 5.46. The second-order valence-corrected chi connectivity index (χ2v) is 17.8. The van der Waals surface area contributed by atoms with Crippen LogP contribution < -0.4 is 5.32 Å². The van der Waals surface area contributed by atoms with Crippen LogP contribution in [-0.4, -0.2) is 47.4 Å². The van der Waals surface area contributed by atoms with Crippen LogP contribution in [0.4, 0.5) is 0 Å². The van der Waals surface area contributed by atoms with Crippen molar-refractivity contribution in [1.82, 2.24) is 5.32 Å². The van der Waals surface area contributed by atoms with Gasteiger partial charge in [-0.2, -0.15) is 0 Å². The van der Waals surface area contributed by atoms with Crippen LogP contribution in [-0.2, 0) is 14.3 Å². The van der Waals surface area contributed by atoms with Crippen molar-refractivity contribution in [3.63, 3.8) is 0 Å². The third kappa shape index (κ3) is 47.1. The van der Waals surface area contributed by atoms with Gasteiger partial charge in [-0.25, -0.2) is 0 Å². The minimum absolute atomic E-state index is 0.0226. The fourth-order valence-corrected chi connectivity index (χ4v) is 7.74. The average molecular weight is 856 g/mol. The predicted octanol–water partition coefficient (Wildman–Crippen LogP) is 15.8. The maximum absolute atomic E-state index is 12.4. The average Bonchev–Trinajstić information content (AvgIpc) is 3.26. The molecule has 0 aliphatic carbocycles. The lowest BCUT2D eigenvalue weighted by molar-refractivity contribution is -0.143. The van der Waals surface area contributed by atoms with E-state index in [2.05, 4.69) is 49.5 Å². The summed E-state index contributed by atoms with van der Waals surface area (Å²) in [6, 6.07) is -0.672. The summed E-state index contributed by atoms with van der Waals surface area (Å²) in [6.45, 7) is 4.82. The van der Waals surface area contributed by atoms with Crippen LogP contribution in [0.2, 0.25) is 0 Å². The fourth-order valence-electron chi connectivity index (χ4n) is 7.74. The van der Waals surface area contributed by atoms with Crippen LogP contribution in [0.15, 0.2) is 48.6 Å². The molecule has 0 saturated carbocycles. The van der Waals surface area contributed by atoms with Gasteiger partial charge in [0.1, 0.15) is 0 Å². The van der Waals surface area contributed by atoms with Crippen molar-refractivity contribution in [2.24, 2.45) is 0 Å².